The molecular formula is C16H13NO4S. The number of nitro benzene ring substituents is 1. The number of nitrogens with zero attached hydrogens (tertiary/aromatic N) is 1. The third-order valence-electron chi connectivity index (χ3n) is 3.38. The average molecular weight is 315 g/mol. The van der Waals surface area contributed by atoms with Crippen molar-refractivity contribution >= 4 is 16.5 Å². The van der Waals surface area contributed by atoms with Crippen molar-refractivity contribution in [3.8, 4) is 0 Å². The fourth-order valence-electron chi connectivity index (χ4n) is 2.30. The van der Waals surface area contributed by atoms with Gasteiger partial charge in [0.05, 0.1) is 27.2 Å². The monoisotopic (exact) mass is 315 g/mol. The third-order valence-corrected chi connectivity index (χ3v) is 4.89. The van der Waals surface area contributed by atoms with E-state index in [1.165, 1.54) is 12.1 Å². The first kappa shape index (κ1) is 14.6. The van der Waals surface area contributed by atoms with Crippen molar-refractivity contribution in [2.75, 3.05) is 6.61 Å². The van der Waals surface area contributed by atoms with Gasteiger partial charge in [-0.15, -0.1) is 0 Å². The highest BCUT2D eigenvalue weighted by molar-refractivity contribution is 7.89. The molecule has 0 saturated carbocycles. The van der Waals surface area contributed by atoms with Gasteiger partial charge in [-0.25, -0.2) is 4.21 Å². The summed E-state index contributed by atoms with van der Waals surface area (Å²) in [4.78, 5) is 11.7. The molecule has 2 atom stereocenters. The van der Waals surface area contributed by atoms with E-state index in [9.17, 15) is 14.3 Å². The zero-order chi connectivity index (χ0) is 15.5. The number of benzene rings is 2. The Morgan fingerprint density at radius 2 is 1.77 bits per heavy atom. The quantitative estimate of drug-likeness (QED) is 0.641. The van der Waals surface area contributed by atoms with E-state index in [2.05, 4.69) is 0 Å². The van der Waals surface area contributed by atoms with E-state index in [0.29, 0.717) is 16.4 Å². The Labute approximate surface area is 129 Å². The van der Waals surface area contributed by atoms with Gasteiger partial charge >= 0.3 is 0 Å². The van der Waals surface area contributed by atoms with Gasteiger partial charge in [0, 0.05) is 17.0 Å². The Morgan fingerprint density at radius 3 is 2.41 bits per heavy atom. The average Bonchev–Trinajstić information content (AvgIpc) is 3.04. The molecule has 0 aliphatic carbocycles. The molecule has 3 rings (SSSR count). The van der Waals surface area contributed by atoms with E-state index in [1.54, 1.807) is 12.1 Å². The van der Waals surface area contributed by atoms with E-state index in [1.807, 2.05) is 36.4 Å². The normalized spacial score (nSPS) is 18.7. The maximum absolute atomic E-state index is 12.7. The predicted octanol–water partition coefficient (Wildman–Crippen LogP) is 3.36. The van der Waals surface area contributed by atoms with Crippen LogP contribution in [0.25, 0.3) is 0 Å². The maximum Gasteiger partial charge on any atom is 0.269 e. The second-order valence-corrected chi connectivity index (χ2v) is 6.23. The SMILES string of the molecule is O=[N+]([O-])c1ccc([C@H]2OCC=C2S(=O)c2ccccc2)cc1. The lowest BCUT2D eigenvalue weighted by atomic mass is 10.1. The number of nitro groups is 1. The van der Waals surface area contributed by atoms with Crippen molar-refractivity contribution in [2.45, 2.75) is 11.0 Å². The van der Waals surface area contributed by atoms with E-state index >= 15 is 0 Å². The van der Waals surface area contributed by atoms with Gasteiger partial charge in [0.1, 0.15) is 6.10 Å². The molecule has 2 aromatic carbocycles. The van der Waals surface area contributed by atoms with Crippen molar-refractivity contribution < 1.29 is 13.9 Å². The molecule has 5 nitrogen and oxygen atoms in total. The summed E-state index contributed by atoms with van der Waals surface area (Å²) in [5, 5.41) is 10.7. The number of hydrogen-bond donors (Lipinski definition) is 0. The van der Waals surface area contributed by atoms with Crippen LogP contribution in [0.3, 0.4) is 0 Å². The van der Waals surface area contributed by atoms with Crippen LogP contribution < -0.4 is 0 Å². The van der Waals surface area contributed by atoms with Crippen LogP contribution in [0, 0.1) is 10.1 Å². The van der Waals surface area contributed by atoms with Crippen LogP contribution >= 0.6 is 0 Å². The Balaban J connectivity index is 1.87. The molecule has 0 aromatic heterocycles. The molecule has 1 heterocycles. The second-order valence-electron chi connectivity index (χ2n) is 4.75. The lowest BCUT2D eigenvalue weighted by Gasteiger charge is -2.14. The Kier molecular flexibility index (Phi) is 4.13. The molecule has 2 aromatic rings. The highest BCUT2D eigenvalue weighted by atomic mass is 32.2. The summed E-state index contributed by atoms with van der Waals surface area (Å²) < 4.78 is 18.3. The Bertz CT molecular complexity index is 741. The van der Waals surface area contributed by atoms with E-state index in [0.717, 1.165) is 5.56 Å². The van der Waals surface area contributed by atoms with E-state index in [4.69, 9.17) is 4.74 Å². The molecule has 0 bridgehead atoms. The van der Waals surface area contributed by atoms with Gasteiger partial charge in [-0.3, -0.25) is 10.1 Å². The summed E-state index contributed by atoms with van der Waals surface area (Å²) in [6, 6.07) is 15.3. The van der Waals surface area contributed by atoms with Crippen molar-refractivity contribution in [3.05, 3.63) is 81.3 Å². The summed E-state index contributed by atoms with van der Waals surface area (Å²) in [6.07, 6.45) is 1.39. The molecule has 0 saturated heterocycles. The highest BCUT2D eigenvalue weighted by Gasteiger charge is 2.27. The minimum atomic E-state index is -1.30. The third kappa shape index (κ3) is 2.84. The van der Waals surface area contributed by atoms with Crippen LogP contribution in [-0.2, 0) is 15.5 Å². The summed E-state index contributed by atoms with van der Waals surface area (Å²) in [6.45, 7) is 0.384. The molecule has 0 fully saturated rings. The second kappa shape index (κ2) is 6.21. The summed E-state index contributed by atoms with van der Waals surface area (Å²) in [5.41, 5.74) is 0.787. The van der Waals surface area contributed by atoms with Crippen molar-refractivity contribution in [1.82, 2.24) is 0 Å². The Morgan fingerprint density at radius 1 is 1.09 bits per heavy atom. The minimum absolute atomic E-state index is 0.0245. The topological polar surface area (TPSA) is 69.4 Å². The number of ether oxygens (including phenoxy) is 1. The van der Waals surface area contributed by atoms with Crippen LogP contribution in [0.4, 0.5) is 5.69 Å². The molecular weight excluding hydrogens is 302 g/mol. The molecule has 112 valence electrons. The largest absolute Gasteiger partial charge is 0.364 e. The van der Waals surface area contributed by atoms with Gasteiger partial charge in [0.15, 0.2) is 0 Å². The molecule has 0 radical (unpaired) electrons. The number of hydrogen-bond acceptors (Lipinski definition) is 4. The van der Waals surface area contributed by atoms with Crippen molar-refractivity contribution in [3.63, 3.8) is 0 Å². The first-order valence-electron chi connectivity index (χ1n) is 6.69. The number of non-ortho nitro benzene ring substituents is 1. The molecule has 0 N–H and O–H groups in total. The molecule has 1 unspecified atom stereocenters. The van der Waals surface area contributed by atoms with Crippen LogP contribution in [0.5, 0.6) is 0 Å². The molecule has 0 spiro atoms. The first-order valence-corrected chi connectivity index (χ1v) is 7.84. The maximum atomic E-state index is 12.7. The summed E-state index contributed by atoms with van der Waals surface area (Å²) in [5.74, 6) is 0. The van der Waals surface area contributed by atoms with Crippen molar-refractivity contribution in [2.24, 2.45) is 0 Å². The molecule has 1 aliphatic rings. The van der Waals surface area contributed by atoms with Gasteiger partial charge in [-0.2, -0.15) is 0 Å². The summed E-state index contributed by atoms with van der Waals surface area (Å²) >= 11 is 0. The first-order chi connectivity index (χ1) is 10.7. The molecule has 6 heteroatoms. The van der Waals surface area contributed by atoms with Crippen LogP contribution in [0.15, 0.2) is 70.5 Å². The van der Waals surface area contributed by atoms with Gasteiger partial charge in [0.25, 0.3) is 5.69 Å². The zero-order valence-corrected chi connectivity index (χ0v) is 12.4. The molecule has 1 aliphatic heterocycles. The zero-order valence-electron chi connectivity index (χ0n) is 11.5. The van der Waals surface area contributed by atoms with E-state index in [-0.39, 0.29) is 5.69 Å². The van der Waals surface area contributed by atoms with Gasteiger partial charge in [0.2, 0.25) is 0 Å². The minimum Gasteiger partial charge on any atom is -0.364 e. The predicted molar refractivity (Wildman–Crippen MR) is 82.7 cm³/mol. The lowest BCUT2D eigenvalue weighted by Crippen LogP contribution is -2.06. The summed E-state index contributed by atoms with van der Waals surface area (Å²) in [7, 11) is -1.30. The fourth-order valence-corrected chi connectivity index (χ4v) is 3.59. The van der Waals surface area contributed by atoms with Gasteiger partial charge < -0.3 is 4.74 Å². The smallest absolute Gasteiger partial charge is 0.269 e. The molecule has 22 heavy (non-hydrogen) atoms. The van der Waals surface area contributed by atoms with Gasteiger partial charge in [-0.1, -0.05) is 18.2 Å². The van der Waals surface area contributed by atoms with Crippen LogP contribution in [0.1, 0.15) is 11.7 Å². The Hall–Kier alpha value is -2.31. The van der Waals surface area contributed by atoms with E-state index < -0.39 is 21.8 Å². The van der Waals surface area contributed by atoms with Crippen LogP contribution in [0.2, 0.25) is 0 Å². The lowest BCUT2D eigenvalue weighted by molar-refractivity contribution is -0.384. The standard InChI is InChI=1S/C16H13NO4S/c18-17(19)13-8-6-12(7-9-13)16-15(10-11-21-16)22(20)14-4-2-1-3-5-14/h1-10,16H,11H2/t16-,22?/m1/s1. The molecule has 0 amide bonds. The number of rotatable bonds is 4. The van der Waals surface area contributed by atoms with Crippen LogP contribution in [-0.4, -0.2) is 15.7 Å². The highest BCUT2D eigenvalue weighted by Crippen LogP contribution is 2.35. The van der Waals surface area contributed by atoms with Gasteiger partial charge in [-0.05, 0) is 35.9 Å². The van der Waals surface area contributed by atoms with Crippen molar-refractivity contribution in [1.29, 1.82) is 0 Å². The fraction of sp³-hybridized carbons (Fsp3) is 0.125.